The lowest BCUT2D eigenvalue weighted by Crippen LogP contribution is -2.54. The van der Waals surface area contributed by atoms with E-state index in [2.05, 4.69) is 17.1 Å². The van der Waals surface area contributed by atoms with Crippen LogP contribution in [0.4, 0.5) is 0 Å². The molecule has 21 heavy (non-hydrogen) atoms. The third-order valence-corrected chi connectivity index (χ3v) is 5.96. The van der Waals surface area contributed by atoms with Crippen molar-refractivity contribution in [3.8, 4) is 0 Å². The molecule has 1 spiro atoms. The van der Waals surface area contributed by atoms with Crippen LogP contribution in [0.3, 0.4) is 0 Å². The van der Waals surface area contributed by atoms with Crippen molar-refractivity contribution in [3.05, 3.63) is 0 Å². The van der Waals surface area contributed by atoms with Crippen LogP contribution in [0.2, 0.25) is 0 Å². The van der Waals surface area contributed by atoms with Crippen LogP contribution in [-0.4, -0.2) is 48.8 Å². The molecule has 0 aromatic heterocycles. The Morgan fingerprint density at radius 1 is 1.05 bits per heavy atom. The van der Waals surface area contributed by atoms with Crippen molar-refractivity contribution >= 4 is 0 Å². The van der Waals surface area contributed by atoms with Gasteiger partial charge in [0.05, 0.1) is 5.60 Å². The summed E-state index contributed by atoms with van der Waals surface area (Å²) < 4.78 is 6.31. The Kier molecular flexibility index (Phi) is 5.58. The van der Waals surface area contributed by atoms with Crippen LogP contribution in [0.5, 0.6) is 0 Å². The van der Waals surface area contributed by atoms with Crippen molar-refractivity contribution in [2.45, 2.75) is 88.8 Å². The van der Waals surface area contributed by atoms with Crippen molar-refractivity contribution in [3.63, 3.8) is 0 Å². The molecule has 0 bridgehead atoms. The van der Waals surface area contributed by atoms with Crippen LogP contribution in [0, 0.1) is 0 Å². The first kappa shape index (κ1) is 15.8. The highest BCUT2D eigenvalue weighted by atomic mass is 16.5. The molecule has 1 atom stereocenters. The molecular weight excluding hydrogens is 260 g/mol. The van der Waals surface area contributed by atoms with Gasteiger partial charge in [-0.25, -0.2) is 0 Å². The summed E-state index contributed by atoms with van der Waals surface area (Å²) in [6.45, 7) is 7.03. The summed E-state index contributed by atoms with van der Waals surface area (Å²) in [5, 5.41) is 3.52. The van der Waals surface area contributed by atoms with Crippen LogP contribution >= 0.6 is 0 Å². The van der Waals surface area contributed by atoms with Gasteiger partial charge in [0.2, 0.25) is 0 Å². The summed E-state index contributed by atoms with van der Waals surface area (Å²) in [6.07, 6.45) is 13.3. The third-order valence-electron chi connectivity index (χ3n) is 5.96. The highest BCUT2D eigenvalue weighted by molar-refractivity contribution is 4.94. The molecule has 3 aliphatic rings. The molecule has 0 aromatic rings. The average Bonchev–Trinajstić information content (AvgIpc) is 2.54. The lowest BCUT2D eigenvalue weighted by Gasteiger charge is -2.49. The minimum Gasteiger partial charge on any atom is -0.375 e. The van der Waals surface area contributed by atoms with Crippen LogP contribution in [0.25, 0.3) is 0 Å². The number of ether oxygens (including phenoxy) is 1. The summed E-state index contributed by atoms with van der Waals surface area (Å²) in [5.41, 5.74) is 0.250. The van der Waals surface area contributed by atoms with E-state index in [-0.39, 0.29) is 5.60 Å². The first-order valence-corrected chi connectivity index (χ1v) is 9.43. The maximum Gasteiger partial charge on any atom is 0.0697 e. The highest BCUT2D eigenvalue weighted by Gasteiger charge is 2.41. The maximum absolute atomic E-state index is 6.31. The van der Waals surface area contributed by atoms with Gasteiger partial charge in [0.25, 0.3) is 0 Å². The Hall–Kier alpha value is -0.120. The Balaban J connectivity index is 1.66. The van der Waals surface area contributed by atoms with Gasteiger partial charge in [-0.05, 0) is 64.6 Å². The first-order chi connectivity index (χ1) is 10.3. The van der Waals surface area contributed by atoms with Gasteiger partial charge in [-0.2, -0.15) is 0 Å². The minimum atomic E-state index is 0.250. The molecular formula is C18H34N2O. The van der Waals surface area contributed by atoms with Gasteiger partial charge in [0.1, 0.15) is 0 Å². The SMILES string of the molecule is CCCN(C1CCNCC1)C1CCOC2(CCCCC2)C1. The number of rotatable bonds is 4. The molecule has 3 nitrogen and oxygen atoms in total. The molecule has 1 unspecified atom stereocenters. The quantitative estimate of drug-likeness (QED) is 0.861. The zero-order chi connectivity index (χ0) is 14.5. The molecule has 3 heteroatoms. The van der Waals surface area contributed by atoms with E-state index in [1.165, 1.54) is 83.8 Å². The molecule has 0 aromatic carbocycles. The lowest BCUT2D eigenvalue weighted by atomic mass is 9.77. The molecule has 0 amide bonds. The van der Waals surface area contributed by atoms with Crippen LogP contribution in [-0.2, 0) is 4.74 Å². The second-order valence-electron chi connectivity index (χ2n) is 7.46. The number of nitrogens with one attached hydrogen (secondary N) is 1. The fourth-order valence-corrected chi connectivity index (χ4v) is 4.89. The third kappa shape index (κ3) is 3.80. The molecule has 2 aliphatic heterocycles. The summed E-state index contributed by atoms with van der Waals surface area (Å²) in [7, 11) is 0. The number of piperidine rings is 1. The van der Waals surface area contributed by atoms with Gasteiger partial charge in [-0.15, -0.1) is 0 Å². The van der Waals surface area contributed by atoms with Gasteiger partial charge in [0.15, 0.2) is 0 Å². The van der Waals surface area contributed by atoms with Crippen molar-refractivity contribution in [1.29, 1.82) is 0 Å². The molecule has 2 saturated heterocycles. The van der Waals surface area contributed by atoms with E-state index in [4.69, 9.17) is 4.74 Å². The molecule has 1 N–H and O–H groups in total. The summed E-state index contributed by atoms with van der Waals surface area (Å²) in [4.78, 5) is 2.87. The van der Waals surface area contributed by atoms with E-state index >= 15 is 0 Å². The monoisotopic (exact) mass is 294 g/mol. The smallest absolute Gasteiger partial charge is 0.0697 e. The Bertz CT molecular complexity index is 303. The van der Waals surface area contributed by atoms with Crippen molar-refractivity contribution in [2.75, 3.05) is 26.2 Å². The van der Waals surface area contributed by atoms with Gasteiger partial charge in [-0.1, -0.05) is 26.2 Å². The molecule has 1 saturated carbocycles. The Labute approximate surface area is 130 Å². The second kappa shape index (κ2) is 7.43. The zero-order valence-electron chi connectivity index (χ0n) is 13.9. The predicted octanol–water partition coefficient (Wildman–Crippen LogP) is 3.33. The highest BCUT2D eigenvalue weighted by Crippen LogP contribution is 2.40. The standard InChI is InChI=1S/C18H34N2O/c1-2-13-20(16-6-11-19-12-7-16)17-8-14-21-18(15-17)9-4-3-5-10-18/h16-17,19H,2-15H2,1H3. The Morgan fingerprint density at radius 2 is 1.81 bits per heavy atom. The number of hydrogen-bond donors (Lipinski definition) is 1. The Morgan fingerprint density at radius 3 is 2.52 bits per heavy atom. The number of nitrogens with zero attached hydrogens (tertiary/aromatic N) is 1. The average molecular weight is 294 g/mol. The van der Waals surface area contributed by atoms with Crippen LogP contribution in [0.1, 0.15) is 71.1 Å². The largest absolute Gasteiger partial charge is 0.375 e. The van der Waals surface area contributed by atoms with Gasteiger partial charge in [-0.3, -0.25) is 4.90 Å². The van der Waals surface area contributed by atoms with E-state index in [0.717, 1.165) is 18.7 Å². The van der Waals surface area contributed by atoms with E-state index in [1.54, 1.807) is 0 Å². The van der Waals surface area contributed by atoms with E-state index < -0.39 is 0 Å². The van der Waals surface area contributed by atoms with Crippen molar-refractivity contribution in [2.24, 2.45) is 0 Å². The summed E-state index contributed by atoms with van der Waals surface area (Å²) >= 11 is 0. The van der Waals surface area contributed by atoms with E-state index in [1.807, 2.05) is 0 Å². The topological polar surface area (TPSA) is 24.5 Å². The summed E-state index contributed by atoms with van der Waals surface area (Å²) in [5.74, 6) is 0. The summed E-state index contributed by atoms with van der Waals surface area (Å²) in [6, 6.07) is 1.59. The second-order valence-corrected chi connectivity index (χ2v) is 7.46. The first-order valence-electron chi connectivity index (χ1n) is 9.43. The fraction of sp³-hybridized carbons (Fsp3) is 1.00. The maximum atomic E-state index is 6.31. The van der Waals surface area contributed by atoms with Gasteiger partial charge >= 0.3 is 0 Å². The van der Waals surface area contributed by atoms with Crippen LogP contribution in [0.15, 0.2) is 0 Å². The zero-order valence-corrected chi connectivity index (χ0v) is 13.9. The molecule has 1 aliphatic carbocycles. The molecule has 122 valence electrons. The normalized spacial score (nSPS) is 30.9. The van der Waals surface area contributed by atoms with Crippen molar-refractivity contribution < 1.29 is 4.74 Å². The van der Waals surface area contributed by atoms with Crippen molar-refractivity contribution in [1.82, 2.24) is 10.2 Å². The minimum absolute atomic E-state index is 0.250. The molecule has 3 fully saturated rings. The van der Waals surface area contributed by atoms with Gasteiger partial charge < -0.3 is 10.1 Å². The van der Waals surface area contributed by atoms with E-state index in [0.29, 0.717) is 0 Å². The molecule has 0 radical (unpaired) electrons. The predicted molar refractivity (Wildman–Crippen MR) is 87.7 cm³/mol. The fourth-order valence-electron chi connectivity index (χ4n) is 4.89. The lowest BCUT2D eigenvalue weighted by molar-refractivity contribution is -0.129. The molecule has 2 heterocycles. The van der Waals surface area contributed by atoms with E-state index in [9.17, 15) is 0 Å². The van der Waals surface area contributed by atoms with Crippen LogP contribution < -0.4 is 5.32 Å². The van der Waals surface area contributed by atoms with Gasteiger partial charge in [0, 0.05) is 18.7 Å². The molecule has 3 rings (SSSR count). The number of hydrogen-bond acceptors (Lipinski definition) is 3.